The summed E-state index contributed by atoms with van der Waals surface area (Å²) >= 11 is 0. The summed E-state index contributed by atoms with van der Waals surface area (Å²) in [4.78, 5) is 30.2. The Morgan fingerprint density at radius 1 is 1.29 bits per heavy atom. The molecule has 1 amide bonds. The van der Waals surface area contributed by atoms with Crippen molar-refractivity contribution in [3.8, 4) is 5.75 Å². The van der Waals surface area contributed by atoms with Crippen LogP contribution < -0.4 is 11.3 Å². The van der Waals surface area contributed by atoms with Gasteiger partial charge in [-0.3, -0.25) is 30.4 Å². The molecule has 90 valence electrons. The molecule has 1 aromatic carbocycles. The average Bonchev–Trinajstić information content (AvgIpc) is 2.27. The van der Waals surface area contributed by atoms with Crippen LogP contribution >= 0.6 is 0 Å². The van der Waals surface area contributed by atoms with Gasteiger partial charge in [0.25, 0.3) is 11.6 Å². The molecule has 0 radical (unpaired) electrons. The number of nitrogens with two attached hydrogens (primary N) is 1. The molecule has 4 N–H and O–H groups in total. The summed E-state index contributed by atoms with van der Waals surface area (Å²) in [7, 11) is 0. The number of non-ortho nitro benzene ring substituents is 1. The van der Waals surface area contributed by atoms with Crippen LogP contribution in [0.1, 0.15) is 10.4 Å². The molecule has 0 fully saturated rings. The Labute approximate surface area is 92.9 Å². The van der Waals surface area contributed by atoms with Gasteiger partial charge in [0.05, 0.1) is 21.5 Å². The van der Waals surface area contributed by atoms with Gasteiger partial charge in [-0.1, -0.05) is 0 Å². The van der Waals surface area contributed by atoms with Gasteiger partial charge in [0.2, 0.25) is 5.75 Å². The number of nitrogens with zero attached hydrogens (tertiary/aromatic N) is 2. The van der Waals surface area contributed by atoms with E-state index in [0.29, 0.717) is 12.1 Å². The highest BCUT2D eigenvalue weighted by atomic mass is 16.6. The first-order chi connectivity index (χ1) is 7.88. The Hall–Kier alpha value is -2.75. The normalized spacial score (nSPS) is 9.71. The molecule has 1 rings (SSSR count). The third kappa shape index (κ3) is 2.26. The molecule has 0 unspecified atom stereocenters. The van der Waals surface area contributed by atoms with E-state index in [9.17, 15) is 30.1 Å². The maximum Gasteiger partial charge on any atom is 0.318 e. The lowest BCUT2D eigenvalue weighted by molar-refractivity contribution is -0.394. The maximum atomic E-state index is 11.1. The third-order valence-electron chi connectivity index (χ3n) is 1.86. The first-order valence-electron chi connectivity index (χ1n) is 4.05. The Bertz CT molecular complexity index is 513. The number of hydrogen-bond donors (Lipinski definition) is 3. The Kier molecular flexibility index (Phi) is 3.19. The van der Waals surface area contributed by atoms with Gasteiger partial charge in [0.1, 0.15) is 0 Å². The number of nitrogen functional groups attached to an aromatic ring is 1. The Morgan fingerprint density at radius 3 is 2.29 bits per heavy atom. The number of nitrogens with one attached hydrogen (secondary N) is 1. The van der Waals surface area contributed by atoms with Crippen molar-refractivity contribution in [2.75, 3.05) is 0 Å². The molecule has 0 bridgehead atoms. The van der Waals surface area contributed by atoms with Crippen molar-refractivity contribution in [1.29, 1.82) is 0 Å². The number of benzene rings is 1. The molecule has 0 saturated carbocycles. The van der Waals surface area contributed by atoms with Crippen LogP contribution in [0.15, 0.2) is 12.1 Å². The number of nitro benzene ring substituents is 2. The second kappa shape index (κ2) is 4.40. The smallest absolute Gasteiger partial charge is 0.318 e. The van der Waals surface area contributed by atoms with Crippen molar-refractivity contribution >= 4 is 17.3 Å². The number of amides is 1. The van der Waals surface area contributed by atoms with Crippen molar-refractivity contribution in [2.45, 2.75) is 0 Å². The molecule has 0 saturated heterocycles. The lowest BCUT2D eigenvalue weighted by atomic mass is 10.1. The first-order valence-corrected chi connectivity index (χ1v) is 4.05. The topological polar surface area (TPSA) is 162 Å². The molecule has 0 spiro atoms. The first kappa shape index (κ1) is 12.3. The van der Waals surface area contributed by atoms with Gasteiger partial charge in [-0.2, -0.15) is 0 Å². The van der Waals surface area contributed by atoms with E-state index in [1.807, 2.05) is 0 Å². The fourth-order valence-corrected chi connectivity index (χ4v) is 1.10. The highest BCUT2D eigenvalue weighted by molar-refractivity contribution is 5.98. The number of carbonyl (C=O) groups is 1. The summed E-state index contributed by atoms with van der Waals surface area (Å²) in [6.45, 7) is 0. The van der Waals surface area contributed by atoms with E-state index in [0.717, 1.165) is 0 Å². The van der Waals surface area contributed by atoms with E-state index in [1.165, 1.54) is 0 Å². The van der Waals surface area contributed by atoms with Gasteiger partial charge < -0.3 is 5.11 Å². The van der Waals surface area contributed by atoms with E-state index in [4.69, 9.17) is 5.84 Å². The number of hydrogen-bond acceptors (Lipinski definition) is 7. The molecule has 0 heterocycles. The van der Waals surface area contributed by atoms with Crippen LogP contribution in [0, 0.1) is 20.2 Å². The minimum atomic E-state index is -1.07. The molecule has 10 heteroatoms. The summed E-state index contributed by atoms with van der Waals surface area (Å²) in [5, 5.41) is 30.4. The second-order valence-corrected chi connectivity index (χ2v) is 2.85. The SMILES string of the molecule is NNC(=O)c1cc([N+](=O)[O-])cc([N+](=O)[O-])c1O. The minimum Gasteiger partial charge on any atom is -0.502 e. The zero-order chi connectivity index (χ0) is 13.2. The molecule has 0 aliphatic carbocycles. The lowest BCUT2D eigenvalue weighted by Gasteiger charge is -2.03. The van der Waals surface area contributed by atoms with Crippen molar-refractivity contribution in [3.63, 3.8) is 0 Å². The molecule has 0 aromatic heterocycles. The monoisotopic (exact) mass is 242 g/mol. The van der Waals surface area contributed by atoms with Gasteiger partial charge >= 0.3 is 5.69 Å². The van der Waals surface area contributed by atoms with Gasteiger partial charge in [0, 0.05) is 6.07 Å². The fourth-order valence-electron chi connectivity index (χ4n) is 1.10. The molecule has 1 aromatic rings. The predicted octanol–water partition coefficient (Wildman–Crippen LogP) is -0.188. The zero-order valence-electron chi connectivity index (χ0n) is 8.11. The van der Waals surface area contributed by atoms with E-state index in [-0.39, 0.29) is 0 Å². The van der Waals surface area contributed by atoms with Crippen LogP contribution in [0.2, 0.25) is 0 Å². The van der Waals surface area contributed by atoms with Gasteiger partial charge in [0.15, 0.2) is 0 Å². The van der Waals surface area contributed by atoms with Crippen LogP contribution in [0.25, 0.3) is 0 Å². The van der Waals surface area contributed by atoms with E-state index in [1.54, 1.807) is 5.43 Å². The quantitative estimate of drug-likeness (QED) is 0.286. The number of hydrazine groups is 1. The van der Waals surface area contributed by atoms with Gasteiger partial charge in [-0.25, -0.2) is 5.84 Å². The van der Waals surface area contributed by atoms with Crippen molar-refractivity contribution in [3.05, 3.63) is 37.9 Å². The van der Waals surface area contributed by atoms with Crippen molar-refractivity contribution < 1.29 is 19.7 Å². The summed E-state index contributed by atoms with van der Waals surface area (Å²) < 4.78 is 0. The molecule has 0 aliphatic rings. The highest BCUT2D eigenvalue weighted by Gasteiger charge is 2.26. The maximum absolute atomic E-state index is 11.1. The number of phenols is 1. The third-order valence-corrected chi connectivity index (χ3v) is 1.86. The van der Waals surface area contributed by atoms with Gasteiger partial charge in [-0.15, -0.1) is 0 Å². The number of carbonyl (C=O) groups excluding carboxylic acids is 1. The molecule has 10 nitrogen and oxygen atoms in total. The molecular formula is C7H6N4O6. The van der Waals surface area contributed by atoms with E-state index >= 15 is 0 Å². The molecule has 17 heavy (non-hydrogen) atoms. The molecule has 0 aliphatic heterocycles. The largest absolute Gasteiger partial charge is 0.502 e. The number of nitro groups is 2. The standard InChI is InChI=1S/C7H6N4O6/c8-9-7(13)4-1-3(10(14)15)2-5(6(4)12)11(16)17/h1-2,12H,8H2,(H,9,13). The predicted molar refractivity (Wildman–Crippen MR) is 53.1 cm³/mol. The summed E-state index contributed by atoms with van der Waals surface area (Å²) in [5.74, 6) is 2.72. The van der Waals surface area contributed by atoms with E-state index < -0.39 is 38.4 Å². The average molecular weight is 242 g/mol. The number of rotatable bonds is 3. The molecular weight excluding hydrogens is 236 g/mol. The van der Waals surface area contributed by atoms with Crippen LogP contribution in [-0.4, -0.2) is 20.9 Å². The number of phenolic OH excluding ortho intramolecular Hbond substituents is 1. The lowest BCUT2D eigenvalue weighted by Crippen LogP contribution is -2.30. The van der Waals surface area contributed by atoms with Crippen LogP contribution in [0.3, 0.4) is 0 Å². The van der Waals surface area contributed by atoms with Gasteiger partial charge in [-0.05, 0) is 0 Å². The van der Waals surface area contributed by atoms with Crippen molar-refractivity contribution in [1.82, 2.24) is 5.43 Å². The zero-order valence-corrected chi connectivity index (χ0v) is 8.11. The summed E-state index contributed by atoms with van der Waals surface area (Å²) in [6.07, 6.45) is 0. The highest BCUT2D eigenvalue weighted by Crippen LogP contribution is 2.33. The van der Waals surface area contributed by atoms with Crippen LogP contribution in [0.4, 0.5) is 11.4 Å². The van der Waals surface area contributed by atoms with Crippen LogP contribution in [0.5, 0.6) is 5.75 Å². The number of aromatic hydroxyl groups is 1. The Balaban J connectivity index is 3.54. The molecule has 0 atom stereocenters. The second-order valence-electron chi connectivity index (χ2n) is 2.85. The summed E-state index contributed by atoms with van der Waals surface area (Å²) in [5.41, 5.74) is -0.682. The minimum absolute atomic E-state index is 0.544. The summed E-state index contributed by atoms with van der Waals surface area (Å²) in [6, 6.07) is 1.23. The van der Waals surface area contributed by atoms with Crippen molar-refractivity contribution in [2.24, 2.45) is 5.84 Å². The van der Waals surface area contributed by atoms with E-state index in [2.05, 4.69) is 0 Å². The Morgan fingerprint density at radius 2 is 1.88 bits per heavy atom. The van der Waals surface area contributed by atoms with Crippen LogP contribution in [-0.2, 0) is 0 Å². The fraction of sp³-hybridized carbons (Fsp3) is 0.